The number of hydrogen-bond acceptors (Lipinski definition) is 6. The highest BCUT2D eigenvalue weighted by Gasteiger charge is 2.51. The summed E-state index contributed by atoms with van der Waals surface area (Å²) in [4.78, 5) is 40.7. The first kappa shape index (κ1) is 24.7. The second kappa shape index (κ2) is 10.1. The number of anilines is 1. The van der Waals surface area contributed by atoms with Gasteiger partial charge in [0, 0.05) is 19.8 Å². The number of thioether (sulfide) groups is 1. The minimum atomic E-state index is -0.646. The number of carbonyl (C=O) groups excluding carboxylic acids is 3. The molecular formula is C22H22Cl2FN5O3S. The van der Waals surface area contributed by atoms with Crippen LogP contribution in [0.5, 0.6) is 0 Å². The second-order valence-corrected chi connectivity index (χ2v) is 9.93. The molecule has 2 aromatic rings. The predicted molar refractivity (Wildman–Crippen MR) is 130 cm³/mol. The molecule has 2 aromatic carbocycles. The highest BCUT2D eigenvalue weighted by Crippen LogP contribution is 2.34. The molecule has 0 aliphatic carbocycles. The molecule has 34 heavy (non-hydrogen) atoms. The Labute approximate surface area is 210 Å². The summed E-state index contributed by atoms with van der Waals surface area (Å²) in [5.41, 5.74) is 1.23. The third kappa shape index (κ3) is 5.01. The molecule has 8 nitrogen and oxygen atoms in total. The number of hydrogen-bond donors (Lipinski definition) is 3. The second-order valence-electron chi connectivity index (χ2n) is 7.99. The van der Waals surface area contributed by atoms with Gasteiger partial charge >= 0.3 is 6.03 Å². The summed E-state index contributed by atoms with van der Waals surface area (Å²) < 4.78 is 13.4. The Balaban J connectivity index is 1.52. The largest absolute Gasteiger partial charge is 0.327 e. The van der Waals surface area contributed by atoms with Gasteiger partial charge in [0.15, 0.2) is 0 Å². The Morgan fingerprint density at radius 1 is 1.09 bits per heavy atom. The first-order valence-corrected chi connectivity index (χ1v) is 12.1. The van der Waals surface area contributed by atoms with Crippen molar-refractivity contribution >= 4 is 58.5 Å². The van der Waals surface area contributed by atoms with E-state index in [9.17, 15) is 18.8 Å². The maximum Gasteiger partial charge on any atom is 0.327 e. The number of nitrogens with zero attached hydrogens (tertiary/aromatic N) is 2. The van der Waals surface area contributed by atoms with Gasteiger partial charge in [-0.15, -0.1) is 11.8 Å². The first-order valence-electron chi connectivity index (χ1n) is 10.3. The van der Waals surface area contributed by atoms with Gasteiger partial charge < -0.3 is 10.2 Å². The summed E-state index contributed by atoms with van der Waals surface area (Å²) in [7, 11) is 3.05. The fourth-order valence-electron chi connectivity index (χ4n) is 3.98. The van der Waals surface area contributed by atoms with E-state index in [0.717, 1.165) is 10.5 Å². The van der Waals surface area contributed by atoms with Crippen LogP contribution in [0.3, 0.4) is 0 Å². The summed E-state index contributed by atoms with van der Waals surface area (Å²) in [6.45, 7) is 0. The van der Waals surface area contributed by atoms with E-state index in [2.05, 4.69) is 16.0 Å². The molecule has 2 aliphatic heterocycles. The number of rotatable bonds is 5. The maximum atomic E-state index is 13.4. The van der Waals surface area contributed by atoms with Gasteiger partial charge in [0.25, 0.3) is 0 Å². The number of imide groups is 1. The van der Waals surface area contributed by atoms with Gasteiger partial charge in [-0.2, -0.15) is 0 Å². The van der Waals surface area contributed by atoms with Crippen LogP contribution in [0.25, 0.3) is 0 Å². The van der Waals surface area contributed by atoms with E-state index in [1.807, 2.05) is 0 Å². The summed E-state index contributed by atoms with van der Waals surface area (Å²) in [6, 6.07) is 10.3. The highest BCUT2D eigenvalue weighted by atomic mass is 35.5. The Morgan fingerprint density at radius 2 is 1.79 bits per heavy atom. The minimum absolute atomic E-state index is 0.0337. The molecule has 180 valence electrons. The Kier molecular flexibility index (Phi) is 7.34. The van der Waals surface area contributed by atoms with Crippen molar-refractivity contribution in [3.8, 4) is 0 Å². The zero-order chi connectivity index (χ0) is 24.6. The van der Waals surface area contributed by atoms with Gasteiger partial charge in [-0.25, -0.2) is 9.18 Å². The van der Waals surface area contributed by atoms with Crippen LogP contribution >= 0.6 is 35.0 Å². The van der Waals surface area contributed by atoms with E-state index in [4.69, 9.17) is 23.2 Å². The topological polar surface area (TPSA) is 93.8 Å². The zero-order valence-corrected chi connectivity index (χ0v) is 20.5. The number of carbonyl (C=O) groups is 3. The van der Waals surface area contributed by atoms with E-state index in [1.54, 1.807) is 37.4 Å². The molecule has 2 heterocycles. The van der Waals surface area contributed by atoms with Gasteiger partial charge in [0.2, 0.25) is 11.8 Å². The fourth-order valence-corrected chi connectivity index (χ4v) is 5.39. The molecule has 3 N–H and O–H groups in total. The SMILES string of the molecule is CN1C(=O)C2C(SCC(=O)Nc3ccc(Cl)c(Cl)c3)NC(c3ccc(F)cc3)NC2N(C)C1=O. The van der Waals surface area contributed by atoms with E-state index in [0.29, 0.717) is 15.7 Å². The van der Waals surface area contributed by atoms with Gasteiger partial charge in [-0.05, 0) is 35.9 Å². The predicted octanol–water partition coefficient (Wildman–Crippen LogP) is 3.49. The van der Waals surface area contributed by atoms with Gasteiger partial charge in [-0.1, -0.05) is 35.3 Å². The average Bonchev–Trinajstić information content (AvgIpc) is 2.82. The Morgan fingerprint density at radius 3 is 2.47 bits per heavy atom. The van der Waals surface area contributed by atoms with Crippen LogP contribution in [0.15, 0.2) is 42.5 Å². The smallest absolute Gasteiger partial charge is 0.325 e. The summed E-state index contributed by atoms with van der Waals surface area (Å²) in [5, 5.41) is 9.56. The first-order chi connectivity index (χ1) is 16.2. The molecule has 0 saturated carbocycles. The molecule has 2 fully saturated rings. The average molecular weight is 526 g/mol. The van der Waals surface area contributed by atoms with E-state index in [1.165, 1.54) is 35.8 Å². The minimum Gasteiger partial charge on any atom is -0.325 e. The number of benzene rings is 2. The zero-order valence-electron chi connectivity index (χ0n) is 18.2. The van der Waals surface area contributed by atoms with Crippen molar-refractivity contribution in [1.29, 1.82) is 0 Å². The maximum absolute atomic E-state index is 13.4. The van der Waals surface area contributed by atoms with Crippen LogP contribution in [-0.4, -0.2) is 59.0 Å². The van der Waals surface area contributed by atoms with E-state index >= 15 is 0 Å². The van der Waals surface area contributed by atoms with Crippen molar-refractivity contribution in [3.05, 3.63) is 63.9 Å². The third-order valence-corrected chi connectivity index (χ3v) is 7.71. The lowest BCUT2D eigenvalue weighted by atomic mass is 9.96. The van der Waals surface area contributed by atoms with Crippen molar-refractivity contribution < 1.29 is 18.8 Å². The van der Waals surface area contributed by atoms with E-state index < -0.39 is 29.7 Å². The van der Waals surface area contributed by atoms with Gasteiger partial charge in [0.05, 0.1) is 39.4 Å². The number of urea groups is 1. The lowest BCUT2D eigenvalue weighted by Crippen LogP contribution is -2.72. The fraction of sp³-hybridized carbons (Fsp3) is 0.318. The molecule has 0 aromatic heterocycles. The number of halogens is 3. The molecule has 2 aliphatic rings. The van der Waals surface area contributed by atoms with Crippen LogP contribution < -0.4 is 16.0 Å². The third-order valence-electron chi connectivity index (χ3n) is 5.76. The molecule has 4 rings (SSSR count). The quantitative estimate of drug-likeness (QED) is 0.553. The molecular weight excluding hydrogens is 504 g/mol. The van der Waals surface area contributed by atoms with Crippen LogP contribution in [0.2, 0.25) is 10.0 Å². The van der Waals surface area contributed by atoms with Crippen molar-refractivity contribution in [2.45, 2.75) is 17.7 Å². The Hall–Kier alpha value is -2.37. The van der Waals surface area contributed by atoms with Crippen LogP contribution in [0.1, 0.15) is 11.7 Å². The monoisotopic (exact) mass is 525 g/mol. The van der Waals surface area contributed by atoms with Gasteiger partial charge in [-0.3, -0.25) is 25.1 Å². The van der Waals surface area contributed by atoms with Crippen LogP contribution in [-0.2, 0) is 9.59 Å². The number of amides is 4. The molecule has 0 bridgehead atoms. The molecule has 12 heteroatoms. The van der Waals surface area contributed by atoms with Crippen molar-refractivity contribution in [1.82, 2.24) is 20.4 Å². The standard InChI is InChI=1S/C22H22Cl2FN5O3S/c1-29-19-17(21(32)30(2)22(29)33)20(28-18(27-19)11-3-5-12(25)6-4-11)34-10-16(31)26-13-7-8-14(23)15(24)9-13/h3-9,17-20,27-28H,10H2,1-2H3,(H,26,31). The normalized spacial score (nSPS) is 24.7. The lowest BCUT2D eigenvalue weighted by molar-refractivity contribution is -0.140. The van der Waals surface area contributed by atoms with Gasteiger partial charge in [0.1, 0.15) is 5.82 Å². The van der Waals surface area contributed by atoms with Crippen molar-refractivity contribution in [2.75, 3.05) is 25.2 Å². The Bertz CT molecular complexity index is 1120. The number of fused-ring (bicyclic) bond motifs is 1. The molecule has 0 spiro atoms. The molecule has 2 saturated heterocycles. The van der Waals surface area contributed by atoms with Crippen LogP contribution in [0, 0.1) is 11.7 Å². The molecule has 4 atom stereocenters. The van der Waals surface area contributed by atoms with Crippen molar-refractivity contribution in [2.24, 2.45) is 5.92 Å². The van der Waals surface area contributed by atoms with Crippen molar-refractivity contribution in [3.63, 3.8) is 0 Å². The van der Waals surface area contributed by atoms with Crippen LogP contribution in [0.4, 0.5) is 14.9 Å². The molecule has 4 amide bonds. The highest BCUT2D eigenvalue weighted by molar-refractivity contribution is 8.00. The summed E-state index contributed by atoms with van der Waals surface area (Å²) >= 11 is 13.2. The molecule has 4 unspecified atom stereocenters. The number of nitrogens with one attached hydrogen (secondary N) is 3. The summed E-state index contributed by atoms with van der Waals surface area (Å²) in [5.74, 6) is -1.63. The lowest BCUT2D eigenvalue weighted by Gasteiger charge is -2.50. The van der Waals surface area contributed by atoms with E-state index in [-0.39, 0.29) is 23.4 Å². The molecule has 0 radical (unpaired) electrons. The summed E-state index contributed by atoms with van der Waals surface area (Å²) in [6.07, 6.45) is -1.08.